The summed E-state index contributed by atoms with van der Waals surface area (Å²) in [5.74, 6) is 0.439. The van der Waals surface area contributed by atoms with Gasteiger partial charge in [0.05, 0.1) is 6.21 Å². The lowest BCUT2D eigenvalue weighted by atomic mass is 10.1. The SMILES string of the molecule is Cc1ccc(OCC(=O)NN=Cc2sccc2C)c(C)c1. The number of benzene rings is 1. The number of thiophene rings is 1. The van der Waals surface area contributed by atoms with E-state index in [-0.39, 0.29) is 12.5 Å². The summed E-state index contributed by atoms with van der Waals surface area (Å²) in [6.45, 7) is 5.93. The van der Waals surface area contributed by atoms with Gasteiger partial charge in [0, 0.05) is 4.88 Å². The third kappa shape index (κ3) is 4.43. The van der Waals surface area contributed by atoms with Crippen molar-refractivity contribution in [2.45, 2.75) is 20.8 Å². The molecule has 0 unspecified atom stereocenters. The first kappa shape index (κ1) is 15.3. The topological polar surface area (TPSA) is 50.7 Å². The van der Waals surface area contributed by atoms with Crippen LogP contribution in [0.3, 0.4) is 0 Å². The lowest BCUT2D eigenvalue weighted by molar-refractivity contribution is -0.123. The van der Waals surface area contributed by atoms with Crippen molar-refractivity contribution in [3.63, 3.8) is 0 Å². The van der Waals surface area contributed by atoms with Crippen molar-refractivity contribution >= 4 is 23.5 Å². The summed E-state index contributed by atoms with van der Waals surface area (Å²) < 4.78 is 5.48. The Morgan fingerprint density at radius 1 is 1.29 bits per heavy atom. The van der Waals surface area contributed by atoms with Crippen molar-refractivity contribution in [3.8, 4) is 5.75 Å². The van der Waals surface area contributed by atoms with Crippen LogP contribution in [0.2, 0.25) is 0 Å². The van der Waals surface area contributed by atoms with E-state index in [4.69, 9.17) is 4.74 Å². The molecule has 0 saturated heterocycles. The highest BCUT2D eigenvalue weighted by Gasteiger charge is 2.04. The number of hydrazone groups is 1. The number of ether oxygens (including phenoxy) is 1. The van der Waals surface area contributed by atoms with Gasteiger partial charge >= 0.3 is 0 Å². The summed E-state index contributed by atoms with van der Waals surface area (Å²) in [5, 5.41) is 5.92. The molecule has 0 spiro atoms. The molecule has 0 aliphatic carbocycles. The molecule has 5 heteroatoms. The van der Waals surface area contributed by atoms with Crippen LogP contribution in [-0.2, 0) is 4.79 Å². The molecule has 0 aliphatic rings. The lowest BCUT2D eigenvalue weighted by Gasteiger charge is -2.08. The quantitative estimate of drug-likeness (QED) is 0.681. The highest BCUT2D eigenvalue weighted by Crippen LogP contribution is 2.18. The summed E-state index contributed by atoms with van der Waals surface area (Å²) >= 11 is 1.58. The van der Waals surface area contributed by atoms with Gasteiger partial charge in [0.2, 0.25) is 0 Å². The number of nitrogens with zero attached hydrogens (tertiary/aromatic N) is 1. The zero-order chi connectivity index (χ0) is 15.2. The van der Waals surface area contributed by atoms with Crippen molar-refractivity contribution in [2.24, 2.45) is 5.10 Å². The van der Waals surface area contributed by atoms with Crippen molar-refractivity contribution < 1.29 is 9.53 Å². The van der Waals surface area contributed by atoms with Crippen molar-refractivity contribution in [2.75, 3.05) is 6.61 Å². The van der Waals surface area contributed by atoms with Crippen molar-refractivity contribution in [1.29, 1.82) is 0 Å². The molecule has 0 bridgehead atoms. The molecule has 0 saturated carbocycles. The van der Waals surface area contributed by atoms with Crippen LogP contribution in [0.15, 0.2) is 34.7 Å². The van der Waals surface area contributed by atoms with Crippen molar-refractivity contribution in [3.05, 3.63) is 51.2 Å². The predicted molar refractivity (Wildman–Crippen MR) is 86.2 cm³/mol. The summed E-state index contributed by atoms with van der Waals surface area (Å²) in [7, 11) is 0. The summed E-state index contributed by atoms with van der Waals surface area (Å²) in [6, 6.07) is 7.86. The summed E-state index contributed by atoms with van der Waals surface area (Å²) in [5.41, 5.74) is 5.79. The Kier molecular flexibility index (Phi) is 5.11. The average molecular weight is 302 g/mol. The Bertz CT molecular complexity index is 662. The van der Waals surface area contributed by atoms with E-state index in [0.29, 0.717) is 5.75 Å². The standard InChI is InChI=1S/C16H18N2O2S/c1-11-4-5-14(13(3)8-11)20-10-16(19)18-17-9-15-12(2)6-7-21-15/h4-9H,10H2,1-3H3,(H,18,19). The fraction of sp³-hybridized carbons (Fsp3) is 0.250. The number of rotatable bonds is 5. The molecule has 2 rings (SSSR count). The molecule has 1 aromatic carbocycles. The Morgan fingerprint density at radius 3 is 2.76 bits per heavy atom. The number of hydrogen-bond donors (Lipinski definition) is 1. The first-order chi connectivity index (χ1) is 10.1. The molecular formula is C16H18N2O2S. The van der Waals surface area contributed by atoms with Crippen LogP contribution in [0.1, 0.15) is 21.6 Å². The third-order valence-electron chi connectivity index (χ3n) is 2.96. The van der Waals surface area contributed by atoms with Crippen LogP contribution in [0.4, 0.5) is 0 Å². The monoisotopic (exact) mass is 302 g/mol. The molecular weight excluding hydrogens is 284 g/mol. The summed E-state index contributed by atoms with van der Waals surface area (Å²) in [4.78, 5) is 12.7. The highest BCUT2D eigenvalue weighted by molar-refractivity contribution is 7.11. The van der Waals surface area contributed by atoms with E-state index in [2.05, 4.69) is 10.5 Å². The number of hydrogen-bond acceptors (Lipinski definition) is 4. The van der Waals surface area contributed by atoms with E-state index in [1.165, 1.54) is 5.56 Å². The lowest BCUT2D eigenvalue weighted by Crippen LogP contribution is -2.24. The minimum Gasteiger partial charge on any atom is -0.483 e. The molecule has 0 atom stereocenters. The second kappa shape index (κ2) is 7.04. The Balaban J connectivity index is 1.82. The van der Waals surface area contributed by atoms with Gasteiger partial charge < -0.3 is 4.74 Å². The number of nitrogens with one attached hydrogen (secondary N) is 1. The number of carbonyl (C=O) groups excluding carboxylic acids is 1. The molecule has 4 nitrogen and oxygen atoms in total. The molecule has 2 aromatic rings. The van der Waals surface area contributed by atoms with Crippen LogP contribution in [0.25, 0.3) is 0 Å². The van der Waals surface area contributed by atoms with Crippen LogP contribution < -0.4 is 10.2 Å². The minimum atomic E-state index is -0.277. The largest absolute Gasteiger partial charge is 0.483 e. The van der Waals surface area contributed by atoms with Gasteiger partial charge in [-0.15, -0.1) is 11.3 Å². The van der Waals surface area contributed by atoms with Crippen LogP contribution in [0, 0.1) is 20.8 Å². The molecule has 21 heavy (non-hydrogen) atoms. The first-order valence-corrected chi connectivity index (χ1v) is 7.50. The van der Waals surface area contributed by atoms with E-state index in [0.717, 1.165) is 16.0 Å². The van der Waals surface area contributed by atoms with Crippen LogP contribution >= 0.6 is 11.3 Å². The number of amides is 1. The molecule has 1 heterocycles. The number of carbonyl (C=O) groups is 1. The maximum absolute atomic E-state index is 11.7. The van der Waals surface area contributed by atoms with Gasteiger partial charge in [-0.25, -0.2) is 5.43 Å². The van der Waals surface area contributed by atoms with E-state index in [9.17, 15) is 4.79 Å². The molecule has 1 aromatic heterocycles. The van der Waals surface area contributed by atoms with Gasteiger partial charge in [0.15, 0.2) is 6.61 Å². The number of aryl methyl sites for hydroxylation is 3. The third-order valence-corrected chi connectivity index (χ3v) is 3.92. The fourth-order valence-corrected chi connectivity index (χ4v) is 2.60. The second-order valence-corrected chi connectivity index (χ2v) is 5.77. The van der Waals surface area contributed by atoms with E-state index < -0.39 is 0 Å². The fourth-order valence-electron chi connectivity index (χ4n) is 1.82. The maximum atomic E-state index is 11.7. The van der Waals surface area contributed by atoms with Gasteiger partial charge in [0.1, 0.15) is 5.75 Å². The smallest absolute Gasteiger partial charge is 0.277 e. The zero-order valence-electron chi connectivity index (χ0n) is 12.3. The molecule has 0 aliphatic heterocycles. The van der Waals surface area contributed by atoms with E-state index in [1.54, 1.807) is 17.6 Å². The van der Waals surface area contributed by atoms with Crippen molar-refractivity contribution in [1.82, 2.24) is 5.43 Å². The zero-order valence-corrected chi connectivity index (χ0v) is 13.2. The van der Waals surface area contributed by atoms with E-state index >= 15 is 0 Å². The van der Waals surface area contributed by atoms with Gasteiger partial charge in [0.25, 0.3) is 5.91 Å². The maximum Gasteiger partial charge on any atom is 0.277 e. The minimum absolute atomic E-state index is 0.0509. The van der Waals surface area contributed by atoms with Crippen LogP contribution in [0.5, 0.6) is 5.75 Å². The van der Waals surface area contributed by atoms with E-state index in [1.807, 2.05) is 50.4 Å². The van der Waals surface area contributed by atoms with Gasteiger partial charge in [-0.05, 0) is 49.4 Å². The van der Waals surface area contributed by atoms with Gasteiger partial charge in [-0.3, -0.25) is 4.79 Å². The molecule has 0 radical (unpaired) electrons. The molecule has 0 fully saturated rings. The molecule has 110 valence electrons. The molecule has 1 amide bonds. The average Bonchev–Trinajstić information content (AvgIpc) is 2.83. The highest BCUT2D eigenvalue weighted by atomic mass is 32.1. The normalized spacial score (nSPS) is 10.8. The van der Waals surface area contributed by atoms with Gasteiger partial charge in [-0.1, -0.05) is 17.7 Å². The Hall–Kier alpha value is -2.14. The van der Waals surface area contributed by atoms with Gasteiger partial charge in [-0.2, -0.15) is 5.10 Å². The Labute approximate surface area is 128 Å². The van der Waals surface area contributed by atoms with Crippen LogP contribution in [-0.4, -0.2) is 18.7 Å². The predicted octanol–water partition coefficient (Wildman–Crippen LogP) is 3.20. The summed E-state index contributed by atoms with van der Waals surface area (Å²) in [6.07, 6.45) is 1.65. The molecule has 1 N–H and O–H groups in total. The second-order valence-electron chi connectivity index (χ2n) is 4.82. The first-order valence-electron chi connectivity index (χ1n) is 6.62. The Morgan fingerprint density at radius 2 is 2.10 bits per heavy atom.